The fourth-order valence-electron chi connectivity index (χ4n) is 1.71. The average molecular weight is 350 g/mol. The molecule has 0 spiro atoms. The zero-order valence-electron chi connectivity index (χ0n) is 12.7. The average Bonchev–Trinajstić information content (AvgIpc) is 2.63. The lowest BCUT2D eigenvalue weighted by Crippen LogP contribution is -1.98. The number of aromatic nitrogens is 1. The summed E-state index contributed by atoms with van der Waals surface area (Å²) < 4.78 is 0. The van der Waals surface area contributed by atoms with E-state index in [1.165, 1.54) is 30.1 Å². The van der Waals surface area contributed by atoms with Gasteiger partial charge in [0.2, 0.25) is 0 Å². The van der Waals surface area contributed by atoms with Crippen LogP contribution in [0, 0.1) is 32.8 Å². The Labute approximate surface area is 147 Å². The molecule has 0 fully saturated rings. The van der Waals surface area contributed by atoms with E-state index >= 15 is 0 Å². The Morgan fingerprint density at radius 2 is 2.12 bits per heavy atom. The van der Waals surface area contributed by atoms with E-state index in [-0.39, 0.29) is 17.1 Å². The summed E-state index contributed by atoms with van der Waals surface area (Å²) in [7, 11) is 0. The largest absolute Gasteiger partial charge is 0.388 e. The van der Waals surface area contributed by atoms with Crippen LogP contribution in [0.4, 0.5) is 5.69 Å². The molecule has 8 nitrogen and oxygen atoms in total. The fraction of sp³-hybridized carbons (Fsp3) is 0. The van der Waals surface area contributed by atoms with Gasteiger partial charge in [-0.3, -0.25) is 10.1 Å². The topological polar surface area (TPSA) is 142 Å². The third-order valence-corrected chi connectivity index (χ3v) is 3.91. The van der Waals surface area contributed by atoms with Gasteiger partial charge in [-0.2, -0.15) is 10.5 Å². The molecule has 0 aliphatic heterocycles. The van der Waals surface area contributed by atoms with E-state index in [9.17, 15) is 10.1 Å². The predicted molar refractivity (Wildman–Crippen MR) is 91.5 cm³/mol. The quantitative estimate of drug-likeness (QED) is 0.378. The van der Waals surface area contributed by atoms with Crippen LogP contribution in [-0.4, -0.2) is 16.1 Å². The summed E-state index contributed by atoms with van der Waals surface area (Å²) in [5, 5.41) is 29.4. The number of nitrogens with zero attached hydrogens (tertiary/aromatic N) is 5. The molecule has 0 aliphatic rings. The summed E-state index contributed by atoms with van der Waals surface area (Å²) in [6.45, 7) is 0. The van der Waals surface area contributed by atoms with Gasteiger partial charge in [-0.05, 0) is 18.2 Å². The van der Waals surface area contributed by atoms with Gasteiger partial charge in [-0.1, -0.05) is 17.8 Å². The van der Waals surface area contributed by atoms with Crippen molar-refractivity contribution in [1.82, 2.24) is 4.98 Å². The number of hydrogen-bond donors (Lipinski definition) is 1. The lowest BCUT2D eigenvalue weighted by molar-refractivity contribution is -0.384. The van der Waals surface area contributed by atoms with Crippen LogP contribution < -0.4 is 5.73 Å². The van der Waals surface area contributed by atoms with E-state index in [2.05, 4.69) is 9.98 Å². The van der Waals surface area contributed by atoms with Gasteiger partial charge in [0, 0.05) is 35.0 Å². The van der Waals surface area contributed by atoms with E-state index in [1.54, 1.807) is 36.5 Å². The van der Waals surface area contributed by atoms with Crippen molar-refractivity contribution in [2.45, 2.75) is 9.92 Å². The summed E-state index contributed by atoms with van der Waals surface area (Å²) in [5.74, 6) is 0. The van der Waals surface area contributed by atoms with Crippen molar-refractivity contribution in [2.75, 3.05) is 0 Å². The second kappa shape index (κ2) is 8.24. The summed E-state index contributed by atoms with van der Waals surface area (Å²) in [6, 6.07) is 13.0. The Hall–Kier alpha value is -3.69. The maximum Gasteiger partial charge on any atom is 0.270 e. The molecule has 1 aromatic carbocycles. The molecule has 2 N–H and O–H groups in total. The van der Waals surface area contributed by atoms with E-state index in [0.717, 1.165) is 0 Å². The number of nitro groups is 1. The number of non-ortho nitro benzene ring substituents is 1. The molecular weight excluding hydrogens is 340 g/mol. The Morgan fingerprint density at radius 3 is 2.72 bits per heavy atom. The minimum absolute atomic E-state index is 0.123. The van der Waals surface area contributed by atoms with Gasteiger partial charge < -0.3 is 5.73 Å². The molecule has 2 aromatic rings. The predicted octanol–water partition coefficient (Wildman–Crippen LogP) is 2.78. The van der Waals surface area contributed by atoms with Gasteiger partial charge in [0.15, 0.2) is 5.70 Å². The fourth-order valence-corrected chi connectivity index (χ4v) is 2.56. The van der Waals surface area contributed by atoms with E-state index in [1.807, 2.05) is 6.07 Å². The molecule has 0 radical (unpaired) electrons. The molecule has 0 unspecified atom stereocenters. The van der Waals surface area contributed by atoms with Gasteiger partial charge in [0.25, 0.3) is 5.69 Å². The first-order chi connectivity index (χ1) is 12.0. The number of hydrogen-bond acceptors (Lipinski definition) is 8. The van der Waals surface area contributed by atoms with Crippen LogP contribution in [0.1, 0.15) is 5.56 Å². The highest BCUT2D eigenvalue weighted by Gasteiger charge is 2.11. The third kappa shape index (κ3) is 4.64. The molecule has 0 bridgehead atoms. The maximum atomic E-state index is 11.0. The molecule has 0 aliphatic carbocycles. The molecule has 0 saturated heterocycles. The van der Waals surface area contributed by atoms with Crippen LogP contribution in [-0.2, 0) is 0 Å². The van der Waals surface area contributed by atoms with E-state index < -0.39 is 4.92 Å². The summed E-state index contributed by atoms with van der Waals surface area (Å²) >= 11 is 1.29. The molecule has 25 heavy (non-hydrogen) atoms. The number of benzene rings is 1. The maximum absolute atomic E-state index is 11.0. The van der Waals surface area contributed by atoms with Gasteiger partial charge in [0.05, 0.1) is 4.92 Å². The van der Waals surface area contributed by atoms with Crippen LogP contribution in [0.2, 0.25) is 0 Å². The minimum Gasteiger partial charge on any atom is -0.388 e. The highest BCUT2D eigenvalue weighted by Crippen LogP contribution is 2.30. The monoisotopic (exact) mass is 350 g/mol. The van der Waals surface area contributed by atoms with Crippen molar-refractivity contribution < 1.29 is 4.92 Å². The van der Waals surface area contributed by atoms with Crippen molar-refractivity contribution in [3.8, 4) is 12.1 Å². The van der Waals surface area contributed by atoms with Gasteiger partial charge >= 0.3 is 0 Å². The smallest absolute Gasteiger partial charge is 0.270 e. The highest BCUT2D eigenvalue weighted by molar-refractivity contribution is 7.99. The Balaban J connectivity index is 2.46. The molecule has 9 heteroatoms. The molecule has 2 rings (SSSR count). The number of pyridine rings is 1. The minimum atomic E-state index is -0.531. The summed E-state index contributed by atoms with van der Waals surface area (Å²) in [5.41, 5.74) is 5.08. The number of nitro benzene ring substituents is 1. The zero-order valence-corrected chi connectivity index (χ0v) is 13.5. The van der Waals surface area contributed by atoms with Crippen molar-refractivity contribution in [1.29, 1.82) is 10.5 Å². The van der Waals surface area contributed by atoms with Gasteiger partial charge in [-0.15, -0.1) is 0 Å². The van der Waals surface area contributed by atoms with Crippen LogP contribution in [0.3, 0.4) is 0 Å². The Kier molecular flexibility index (Phi) is 5.82. The van der Waals surface area contributed by atoms with Crippen LogP contribution in [0.25, 0.3) is 0 Å². The van der Waals surface area contributed by atoms with Crippen molar-refractivity contribution >= 4 is 23.7 Å². The van der Waals surface area contributed by atoms with Crippen molar-refractivity contribution in [3.05, 3.63) is 69.7 Å². The van der Waals surface area contributed by atoms with Gasteiger partial charge in [-0.25, -0.2) is 9.98 Å². The molecule has 0 amide bonds. The first-order valence-electron chi connectivity index (χ1n) is 6.76. The Bertz CT molecular complexity index is 941. The number of nitrogens with two attached hydrogens (primary N) is 1. The van der Waals surface area contributed by atoms with Gasteiger partial charge in [0.1, 0.15) is 22.9 Å². The highest BCUT2D eigenvalue weighted by atomic mass is 32.2. The van der Waals surface area contributed by atoms with Crippen LogP contribution in [0.5, 0.6) is 0 Å². The normalized spacial score (nSPS) is 11.4. The second-order valence-corrected chi connectivity index (χ2v) is 5.56. The SMILES string of the molecule is N#C/C(N)=C(\C#N)N=Cc1cc([N+](=O)[O-])ccc1Sc1ccccn1. The second-order valence-electron chi connectivity index (χ2n) is 4.49. The molecular formula is C16H10N6O2S. The lowest BCUT2D eigenvalue weighted by Gasteiger charge is -2.05. The number of aliphatic imine (C=N–C) groups is 1. The van der Waals surface area contributed by atoms with E-state index in [4.69, 9.17) is 16.3 Å². The van der Waals surface area contributed by atoms with Crippen LogP contribution >= 0.6 is 11.8 Å². The van der Waals surface area contributed by atoms with Crippen LogP contribution in [0.15, 0.2) is 68.9 Å². The molecule has 1 heterocycles. The molecule has 0 atom stereocenters. The van der Waals surface area contributed by atoms with Crippen molar-refractivity contribution in [3.63, 3.8) is 0 Å². The number of nitriles is 2. The van der Waals surface area contributed by atoms with Crippen molar-refractivity contribution in [2.24, 2.45) is 10.7 Å². The molecule has 0 saturated carbocycles. The summed E-state index contributed by atoms with van der Waals surface area (Å²) in [4.78, 5) is 19.2. The molecule has 122 valence electrons. The first-order valence-corrected chi connectivity index (χ1v) is 7.58. The first kappa shape index (κ1) is 17.7. The lowest BCUT2D eigenvalue weighted by atomic mass is 10.2. The number of rotatable bonds is 5. The summed E-state index contributed by atoms with van der Waals surface area (Å²) in [6.07, 6.45) is 2.90. The standard InChI is InChI=1S/C16H10N6O2S/c17-8-13(19)14(9-18)21-10-11-7-12(22(23)24)4-5-15(11)25-16-3-1-2-6-20-16/h1-7,10H,19H2/b14-13-,21-10?. The third-order valence-electron chi connectivity index (χ3n) is 2.87. The molecule has 1 aromatic heterocycles. The number of allylic oxidation sites excluding steroid dienone is 2. The zero-order chi connectivity index (χ0) is 18.2. The van der Waals surface area contributed by atoms with E-state index in [0.29, 0.717) is 15.5 Å². The Morgan fingerprint density at radius 1 is 1.32 bits per heavy atom.